The fourth-order valence-electron chi connectivity index (χ4n) is 1.75. The number of amides is 1. The maximum absolute atomic E-state index is 13.2. The number of benzene rings is 2. The van der Waals surface area contributed by atoms with Crippen LogP contribution < -0.4 is 11.1 Å². The molecule has 1 amide bonds. The molecule has 0 aromatic heterocycles. The van der Waals surface area contributed by atoms with Crippen LogP contribution in [0.2, 0.25) is 0 Å². The molecular formula is C14H11Br2FN2O. The Labute approximate surface area is 132 Å². The van der Waals surface area contributed by atoms with Crippen molar-refractivity contribution in [1.82, 2.24) is 0 Å². The minimum absolute atomic E-state index is 0.205. The first-order valence-corrected chi connectivity index (χ1v) is 7.29. The van der Waals surface area contributed by atoms with Gasteiger partial charge >= 0.3 is 0 Å². The van der Waals surface area contributed by atoms with Crippen LogP contribution in [0.3, 0.4) is 0 Å². The van der Waals surface area contributed by atoms with E-state index in [4.69, 9.17) is 5.73 Å². The lowest BCUT2D eigenvalue weighted by Crippen LogP contribution is -2.14. The number of nitrogens with two attached hydrogens (primary N) is 1. The summed E-state index contributed by atoms with van der Waals surface area (Å²) in [4.78, 5) is 12.2. The second-order valence-corrected chi connectivity index (χ2v) is 6.00. The molecule has 0 radical (unpaired) electrons. The molecule has 0 aliphatic heterocycles. The van der Waals surface area contributed by atoms with E-state index in [1.54, 1.807) is 6.07 Å². The molecule has 2 rings (SSSR count). The van der Waals surface area contributed by atoms with Gasteiger partial charge in [0.15, 0.2) is 0 Å². The van der Waals surface area contributed by atoms with Crippen LogP contribution in [0.15, 0.2) is 39.3 Å². The van der Waals surface area contributed by atoms with E-state index in [0.29, 0.717) is 20.3 Å². The Morgan fingerprint density at radius 3 is 2.55 bits per heavy atom. The van der Waals surface area contributed by atoms with Crippen LogP contribution in [-0.2, 0) is 0 Å². The molecular weight excluding hydrogens is 391 g/mol. The van der Waals surface area contributed by atoms with Gasteiger partial charge in [0.25, 0.3) is 5.91 Å². The van der Waals surface area contributed by atoms with Gasteiger partial charge in [-0.3, -0.25) is 4.79 Å². The van der Waals surface area contributed by atoms with Gasteiger partial charge in [-0.2, -0.15) is 0 Å². The number of hydrogen-bond donors (Lipinski definition) is 2. The SMILES string of the molecule is Cc1cc(N)c(NC(=O)c2cc(F)ccc2Br)c(Br)c1. The fourth-order valence-corrected chi connectivity index (χ4v) is 2.87. The lowest BCUT2D eigenvalue weighted by Gasteiger charge is -2.12. The third kappa shape index (κ3) is 3.19. The largest absolute Gasteiger partial charge is 0.397 e. The highest BCUT2D eigenvalue weighted by Crippen LogP contribution is 2.31. The van der Waals surface area contributed by atoms with Gasteiger partial charge in [0.05, 0.1) is 16.9 Å². The molecule has 3 nitrogen and oxygen atoms in total. The molecule has 2 aromatic carbocycles. The van der Waals surface area contributed by atoms with Gasteiger partial charge in [0.2, 0.25) is 0 Å². The van der Waals surface area contributed by atoms with Crippen LogP contribution >= 0.6 is 31.9 Å². The van der Waals surface area contributed by atoms with E-state index in [2.05, 4.69) is 37.2 Å². The summed E-state index contributed by atoms with van der Waals surface area (Å²) in [6, 6.07) is 7.51. The second kappa shape index (κ2) is 5.93. The molecule has 0 saturated heterocycles. The van der Waals surface area contributed by atoms with Gasteiger partial charge in [-0.1, -0.05) is 0 Å². The molecule has 20 heavy (non-hydrogen) atoms. The van der Waals surface area contributed by atoms with Crippen LogP contribution in [0.25, 0.3) is 0 Å². The van der Waals surface area contributed by atoms with Gasteiger partial charge in [-0.05, 0) is 74.7 Å². The zero-order valence-electron chi connectivity index (χ0n) is 10.5. The van der Waals surface area contributed by atoms with Gasteiger partial charge in [-0.15, -0.1) is 0 Å². The normalized spacial score (nSPS) is 10.4. The molecule has 0 spiro atoms. The Morgan fingerprint density at radius 2 is 1.90 bits per heavy atom. The van der Waals surface area contributed by atoms with Gasteiger partial charge < -0.3 is 11.1 Å². The van der Waals surface area contributed by atoms with E-state index >= 15 is 0 Å². The summed E-state index contributed by atoms with van der Waals surface area (Å²) in [5, 5.41) is 2.68. The Kier molecular flexibility index (Phi) is 4.45. The zero-order chi connectivity index (χ0) is 14.9. The van der Waals surface area contributed by atoms with E-state index in [9.17, 15) is 9.18 Å². The van der Waals surface area contributed by atoms with E-state index in [1.807, 2.05) is 13.0 Å². The van der Waals surface area contributed by atoms with E-state index in [0.717, 1.165) is 11.6 Å². The molecule has 0 heterocycles. The number of anilines is 2. The summed E-state index contributed by atoms with van der Waals surface area (Å²) >= 11 is 6.57. The van der Waals surface area contributed by atoms with E-state index in [1.165, 1.54) is 12.1 Å². The molecule has 6 heteroatoms. The maximum Gasteiger partial charge on any atom is 0.257 e. The molecule has 0 aliphatic rings. The van der Waals surface area contributed by atoms with Crippen molar-refractivity contribution in [3.05, 3.63) is 56.2 Å². The van der Waals surface area contributed by atoms with Gasteiger partial charge in [0.1, 0.15) is 5.82 Å². The zero-order valence-corrected chi connectivity index (χ0v) is 13.7. The van der Waals surface area contributed by atoms with Crippen LogP contribution in [0.4, 0.5) is 15.8 Å². The van der Waals surface area contributed by atoms with Crippen molar-refractivity contribution in [2.45, 2.75) is 6.92 Å². The Bertz CT molecular complexity index is 666. The predicted octanol–water partition coefficient (Wildman–Crippen LogP) is 4.49. The van der Waals surface area contributed by atoms with Crippen molar-refractivity contribution in [3.8, 4) is 0 Å². The number of carbonyl (C=O) groups excluding carboxylic acids is 1. The summed E-state index contributed by atoms with van der Waals surface area (Å²) in [7, 11) is 0. The molecule has 0 bridgehead atoms. The summed E-state index contributed by atoms with van der Waals surface area (Å²) in [6.07, 6.45) is 0. The number of hydrogen-bond acceptors (Lipinski definition) is 2. The summed E-state index contributed by atoms with van der Waals surface area (Å²) in [5.74, 6) is -0.915. The standard InChI is InChI=1S/C14H11Br2FN2O/c1-7-4-11(16)13(12(18)5-7)19-14(20)9-6-8(17)2-3-10(9)15/h2-6H,18H2,1H3,(H,19,20). The Morgan fingerprint density at radius 1 is 1.20 bits per heavy atom. The number of carbonyl (C=O) groups is 1. The molecule has 0 atom stereocenters. The molecule has 0 saturated carbocycles. The van der Waals surface area contributed by atoms with Crippen molar-refractivity contribution < 1.29 is 9.18 Å². The van der Waals surface area contributed by atoms with Crippen molar-refractivity contribution >= 4 is 49.1 Å². The summed E-state index contributed by atoms with van der Waals surface area (Å²) in [6.45, 7) is 1.90. The number of nitrogens with one attached hydrogen (secondary N) is 1. The molecule has 104 valence electrons. The quantitative estimate of drug-likeness (QED) is 0.728. The Hall–Kier alpha value is -1.40. The molecule has 3 N–H and O–H groups in total. The lowest BCUT2D eigenvalue weighted by molar-refractivity contribution is 0.102. The van der Waals surface area contributed by atoms with Crippen molar-refractivity contribution in [3.63, 3.8) is 0 Å². The molecule has 2 aromatic rings. The minimum atomic E-state index is -0.478. The maximum atomic E-state index is 13.2. The highest BCUT2D eigenvalue weighted by molar-refractivity contribution is 9.11. The van der Waals surface area contributed by atoms with E-state index < -0.39 is 11.7 Å². The number of halogens is 3. The van der Waals surface area contributed by atoms with Crippen molar-refractivity contribution in [1.29, 1.82) is 0 Å². The average Bonchev–Trinajstić information content (AvgIpc) is 2.36. The fraction of sp³-hybridized carbons (Fsp3) is 0.0714. The molecule has 0 aliphatic carbocycles. The third-order valence-electron chi connectivity index (χ3n) is 2.68. The number of aryl methyl sites for hydroxylation is 1. The minimum Gasteiger partial charge on any atom is -0.397 e. The van der Waals surface area contributed by atoms with Crippen LogP contribution in [0.5, 0.6) is 0 Å². The summed E-state index contributed by atoms with van der Waals surface area (Å²) in [5.41, 5.74) is 7.97. The first-order valence-electron chi connectivity index (χ1n) is 5.70. The molecule has 0 unspecified atom stereocenters. The topological polar surface area (TPSA) is 55.1 Å². The average molecular weight is 402 g/mol. The highest BCUT2D eigenvalue weighted by Gasteiger charge is 2.14. The number of rotatable bonds is 2. The first-order chi connectivity index (χ1) is 9.38. The molecule has 0 fully saturated rings. The van der Waals surface area contributed by atoms with Crippen LogP contribution in [-0.4, -0.2) is 5.91 Å². The Balaban J connectivity index is 2.35. The van der Waals surface area contributed by atoms with Crippen molar-refractivity contribution in [2.75, 3.05) is 11.1 Å². The van der Waals surface area contributed by atoms with E-state index in [-0.39, 0.29) is 5.56 Å². The highest BCUT2D eigenvalue weighted by atomic mass is 79.9. The predicted molar refractivity (Wildman–Crippen MR) is 85.3 cm³/mol. The second-order valence-electron chi connectivity index (χ2n) is 4.29. The monoisotopic (exact) mass is 400 g/mol. The van der Waals surface area contributed by atoms with Gasteiger partial charge in [0, 0.05) is 8.95 Å². The van der Waals surface area contributed by atoms with Crippen LogP contribution in [0, 0.1) is 12.7 Å². The lowest BCUT2D eigenvalue weighted by atomic mass is 10.1. The third-order valence-corrected chi connectivity index (χ3v) is 3.99. The smallest absolute Gasteiger partial charge is 0.257 e. The number of nitrogen functional groups attached to an aromatic ring is 1. The van der Waals surface area contributed by atoms with Gasteiger partial charge in [-0.25, -0.2) is 4.39 Å². The summed E-state index contributed by atoms with van der Waals surface area (Å²) < 4.78 is 14.4. The first kappa shape index (κ1) is 15.0. The van der Waals surface area contributed by atoms with Crippen molar-refractivity contribution in [2.24, 2.45) is 0 Å². The van der Waals surface area contributed by atoms with Crippen LogP contribution in [0.1, 0.15) is 15.9 Å².